The van der Waals surface area contributed by atoms with Gasteiger partial charge >= 0.3 is 0 Å². The second-order valence-corrected chi connectivity index (χ2v) is 4.04. The molecular formula is C11H15NO2. The molecule has 0 saturated carbocycles. The van der Waals surface area contributed by atoms with Gasteiger partial charge in [-0.25, -0.2) is 0 Å². The number of nitro benzene ring substituents is 1. The molecule has 0 saturated heterocycles. The molecule has 0 amide bonds. The third kappa shape index (κ3) is 2.10. The number of hydrogen-bond acceptors (Lipinski definition) is 2. The Morgan fingerprint density at radius 2 is 1.79 bits per heavy atom. The summed E-state index contributed by atoms with van der Waals surface area (Å²) in [6.45, 7) is 6.38. The van der Waals surface area contributed by atoms with Crippen molar-refractivity contribution in [1.82, 2.24) is 0 Å². The zero-order chi connectivity index (χ0) is 10.8. The van der Waals surface area contributed by atoms with Gasteiger partial charge in [-0.2, -0.15) is 0 Å². The van der Waals surface area contributed by atoms with E-state index in [0.717, 1.165) is 12.0 Å². The molecule has 0 aliphatic rings. The van der Waals surface area contributed by atoms with Crippen LogP contribution in [0.1, 0.15) is 32.8 Å². The van der Waals surface area contributed by atoms with Gasteiger partial charge in [-0.3, -0.25) is 10.1 Å². The molecule has 0 unspecified atom stereocenters. The molecule has 0 N–H and O–H groups in total. The van der Waals surface area contributed by atoms with Gasteiger partial charge in [0.1, 0.15) is 0 Å². The highest BCUT2D eigenvalue weighted by Gasteiger charge is 2.18. The summed E-state index contributed by atoms with van der Waals surface area (Å²) < 4.78 is 0. The van der Waals surface area contributed by atoms with E-state index in [9.17, 15) is 10.1 Å². The molecule has 0 spiro atoms. The lowest BCUT2D eigenvalue weighted by atomic mass is 9.82. The van der Waals surface area contributed by atoms with Crippen molar-refractivity contribution >= 4 is 5.69 Å². The molecule has 0 bridgehead atoms. The van der Waals surface area contributed by atoms with Crippen LogP contribution in [0.4, 0.5) is 5.69 Å². The average molecular weight is 193 g/mol. The van der Waals surface area contributed by atoms with E-state index >= 15 is 0 Å². The standard InChI is InChI=1S/C11H15NO2/c1-4-11(2,3)9-5-7-10(8-6-9)12(13)14/h5-8H,4H2,1-3H3. The number of rotatable bonds is 3. The molecule has 3 nitrogen and oxygen atoms in total. The van der Waals surface area contributed by atoms with Crippen LogP contribution in [0, 0.1) is 10.1 Å². The molecule has 0 atom stereocenters. The highest BCUT2D eigenvalue weighted by Crippen LogP contribution is 2.27. The predicted octanol–water partition coefficient (Wildman–Crippen LogP) is 3.28. The lowest BCUT2D eigenvalue weighted by Gasteiger charge is -2.22. The second-order valence-electron chi connectivity index (χ2n) is 4.04. The van der Waals surface area contributed by atoms with E-state index in [1.165, 1.54) is 0 Å². The maximum atomic E-state index is 10.4. The monoisotopic (exact) mass is 193 g/mol. The minimum Gasteiger partial charge on any atom is -0.258 e. The predicted molar refractivity (Wildman–Crippen MR) is 56.4 cm³/mol. The van der Waals surface area contributed by atoms with Crippen molar-refractivity contribution in [3.05, 3.63) is 39.9 Å². The Kier molecular flexibility index (Phi) is 2.89. The topological polar surface area (TPSA) is 43.1 Å². The van der Waals surface area contributed by atoms with E-state index in [2.05, 4.69) is 20.8 Å². The van der Waals surface area contributed by atoms with Crippen molar-refractivity contribution in [2.24, 2.45) is 0 Å². The van der Waals surface area contributed by atoms with E-state index in [1.807, 2.05) is 12.1 Å². The molecule has 76 valence electrons. The van der Waals surface area contributed by atoms with Crippen molar-refractivity contribution in [2.45, 2.75) is 32.6 Å². The van der Waals surface area contributed by atoms with Crippen molar-refractivity contribution in [3.63, 3.8) is 0 Å². The Balaban J connectivity index is 2.99. The van der Waals surface area contributed by atoms with Crippen LogP contribution in [-0.2, 0) is 5.41 Å². The fourth-order valence-corrected chi connectivity index (χ4v) is 1.24. The third-order valence-corrected chi connectivity index (χ3v) is 2.74. The van der Waals surface area contributed by atoms with E-state index in [-0.39, 0.29) is 16.0 Å². The molecule has 0 radical (unpaired) electrons. The van der Waals surface area contributed by atoms with Gasteiger partial charge in [-0.1, -0.05) is 32.9 Å². The van der Waals surface area contributed by atoms with E-state index in [0.29, 0.717) is 0 Å². The Labute approximate surface area is 83.9 Å². The first-order valence-corrected chi connectivity index (χ1v) is 4.72. The summed E-state index contributed by atoms with van der Waals surface area (Å²) in [5, 5.41) is 10.4. The van der Waals surface area contributed by atoms with Crippen molar-refractivity contribution in [1.29, 1.82) is 0 Å². The Bertz CT molecular complexity index is 328. The molecule has 1 rings (SSSR count). The maximum Gasteiger partial charge on any atom is 0.269 e. The summed E-state index contributed by atoms with van der Waals surface area (Å²) in [6, 6.07) is 6.79. The number of benzene rings is 1. The number of non-ortho nitro benzene ring substituents is 1. The van der Waals surface area contributed by atoms with Gasteiger partial charge in [0.05, 0.1) is 4.92 Å². The van der Waals surface area contributed by atoms with Crippen LogP contribution < -0.4 is 0 Å². The molecule has 0 aliphatic heterocycles. The molecule has 0 heterocycles. The van der Waals surface area contributed by atoms with Gasteiger partial charge < -0.3 is 0 Å². The zero-order valence-corrected chi connectivity index (χ0v) is 8.78. The highest BCUT2D eigenvalue weighted by atomic mass is 16.6. The van der Waals surface area contributed by atoms with E-state index in [4.69, 9.17) is 0 Å². The van der Waals surface area contributed by atoms with Crippen LogP contribution in [0.3, 0.4) is 0 Å². The zero-order valence-electron chi connectivity index (χ0n) is 8.78. The largest absolute Gasteiger partial charge is 0.269 e. The van der Waals surface area contributed by atoms with Gasteiger partial charge in [-0.15, -0.1) is 0 Å². The van der Waals surface area contributed by atoms with Crippen LogP contribution in [0.15, 0.2) is 24.3 Å². The van der Waals surface area contributed by atoms with E-state index in [1.54, 1.807) is 12.1 Å². The molecule has 1 aromatic carbocycles. The van der Waals surface area contributed by atoms with Gasteiger partial charge in [0.2, 0.25) is 0 Å². The van der Waals surface area contributed by atoms with Gasteiger partial charge in [0, 0.05) is 12.1 Å². The normalized spacial score (nSPS) is 11.4. The molecule has 3 heteroatoms. The molecule has 14 heavy (non-hydrogen) atoms. The lowest BCUT2D eigenvalue weighted by molar-refractivity contribution is -0.384. The van der Waals surface area contributed by atoms with Crippen LogP contribution >= 0.6 is 0 Å². The summed E-state index contributed by atoms with van der Waals surface area (Å²) in [7, 11) is 0. The first kappa shape index (κ1) is 10.7. The molecule has 0 aromatic heterocycles. The van der Waals surface area contributed by atoms with Crippen LogP contribution in [0.2, 0.25) is 0 Å². The SMILES string of the molecule is CCC(C)(C)c1ccc([N+](=O)[O-])cc1. The van der Waals surface area contributed by atoms with E-state index < -0.39 is 0 Å². The van der Waals surface area contributed by atoms with Crippen molar-refractivity contribution < 1.29 is 4.92 Å². The van der Waals surface area contributed by atoms with Crippen LogP contribution in [0.25, 0.3) is 0 Å². The van der Waals surface area contributed by atoms with Crippen molar-refractivity contribution in [3.8, 4) is 0 Å². The fourth-order valence-electron chi connectivity index (χ4n) is 1.24. The summed E-state index contributed by atoms with van der Waals surface area (Å²) in [4.78, 5) is 10.1. The highest BCUT2D eigenvalue weighted by molar-refractivity contribution is 5.35. The Hall–Kier alpha value is -1.38. The van der Waals surface area contributed by atoms with Crippen LogP contribution in [-0.4, -0.2) is 4.92 Å². The van der Waals surface area contributed by atoms with Gasteiger partial charge in [0.25, 0.3) is 5.69 Å². The average Bonchev–Trinajstić information content (AvgIpc) is 2.18. The van der Waals surface area contributed by atoms with Gasteiger partial charge in [-0.05, 0) is 17.4 Å². The quantitative estimate of drug-likeness (QED) is 0.546. The van der Waals surface area contributed by atoms with Gasteiger partial charge in [0.15, 0.2) is 0 Å². The first-order chi connectivity index (χ1) is 6.47. The molecule has 0 aliphatic carbocycles. The second kappa shape index (κ2) is 3.78. The number of nitro groups is 1. The Morgan fingerprint density at radius 1 is 1.29 bits per heavy atom. The maximum absolute atomic E-state index is 10.4. The summed E-state index contributed by atoms with van der Waals surface area (Å²) in [6.07, 6.45) is 1.02. The smallest absolute Gasteiger partial charge is 0.258 e. The lowest BCUT2D eigenvalue weighted by Crippen LogP contribution is -2.15. The number of hydrogen-bond donors (Lipinski definition) is 0. The minimum atomic E-state index is -0.372. The molecular weight excluding hydrogens is 178 g/mol. The van der Waals surface area contributed by atoms with Crippen molar-refractivity contribution in [2.75, 3.05) is 0 Å². The number of nitrogens with zero attached hydrogens (tertiary/aromatic N) is 1. The summed E-state index contributed by atoms with van der Waals surface area (Å²) in [5.41, 5.74) is 1.39. The Morgan fingerprint density at radius 3 is 2.14 bits per heavy atom. The summed E-state index contributed by atoms with van der Waals surface area (Å²) in [5.74, 6) is 0. The van der Waals surface area contributed by atoms with Crippen LogP contribution in [0.5, 0.6) is 0 Å². The fraction of sp³-hybridized carbons (Fsp3) is 0.455. The molecule has 1 aromatic rings. The molecule has 0 fully saturated rings. The summed E-state index contributed by atoms with van der Waals surface area (Å²) >= 11 is 0. The third-order valence-electron chi connectivity index (χ3n) is 2.74. The minimum absolute atomic E-state index is 0.0924. The first-order valence-electron chi connectivity index (χ1n) is 4.72.